The number of hydrogen-bond donors (Lipinski definition) is 1. The normalized spacial score (nSPS) is 15.9. The van der Waals surface area contributed by atoms with Gasteiger partial charge < -0.3 is 5.32 Å². The Kier molecular flexibility index (Phi) is 7.33. The van der Waals surface area contributed by atoms with E-state index < -0.39 is 0 Å². The molecule has 0 saturated carbocycles. The van der Waals surface area contributed by atoms with E-state index in [1.54, 1.807) is 0 Å². The Morgan fingerprint density at radius 3 is 2.38 bits per heavy atom. The number of carbonyl (C=O) groups is 1. The van der Waals surface area contributed by atoms with E-state index in [2.05, 4.69) is 82.8 Å². The molecule has 32 heavy (non-hydrogen) atoms. The second kappa shape index (κ2) is 10.6. The molecule has 3 aromatic rings. The average Bonchev–Trinajstić information content (AvgIpc) is 2.85. The van der Waals surface area contributed by atoms with Gasteiger partial charge in [0.1, 0.15) is 0 Å². The van der Waals surface area contributed by atoms with Crippen LogP contribution < -0.4 is 5.32 Å². The molecule has 4 nitrogen and oxygen atoms in total. The highest BCUT2D eigenvalue weighted by atomic mass is 16.2. The molecule has 0 unspecified atom stereocenters. The maximum Gasteiger partial charge on any atom is 0.226 e. The van der Waals surface area contributed by atoms with Crippen LogP contribution in [0.15, 0.2) is 79.1 Å². The van der Waals surface area contributed by atoms with Crippen LogP contribution in [0.1, 0.15) is 37.3 Å². The molecule has 166 valence electrons. The van der Waals surface area contributed by atoms with Gasteiger partial charge in [0.2, 0.25) is 5.91 Å². The zero-order valence-corrected chi connectivity index (χ0v) is 19.0. The van der Waals surface area contributed by atoms with E-state index in [9.17, 15) is 4.79 Å². The standard InChI is InChI=1S/C28H33N3O/c1-2-16-30-27(32)28(14-19-31(20-15-28)22-23-12-17-29-18-13-23)21-25-10-6-7-11-26(25)24-8-4-3-5-9-24/h3-13,17-18H,2,14-16,19-22H2,1H3,(H,30,32). The number of benzene rings is 2. The van der Waals surface area contributed by atoms with Crippen LogP contribution in [-0.4, -0.2) is 35.4 Å². The fourth-order valence-electron chi connectivity index (χ4n) is 4.73. The van der Waals surface area contributed by atoms with Gasteiger partial charge in [-0.3, -0.25) is 14.7 Å². The summed E-state index contributed by atoms with van der Waals surface area (Å²) in [6.07, 6.45) is 7.17. The van der Waals surface area contributed by atoms with Gasteiger partial charge in [0.05, 0.1) is 5.41 Å². The predicted molar refractivity (Wildman–Crippen MR) is 130 cm³/mol. The first-order valence-electron chi connectivity index (χ1n) is 11.7. The van der Waals surface area contributed by atoms with E-state index in [-0.39, 0.29) is 11.3 Å². The highest BCUT2D eigenvalue weighted by molar-refractivity contribution is 5.83. The number of aromatic nitrogens is 1. The summed E-state index contributed by atoms with van der Waals surface area (Å²) in [5.74, 6) is 0.214. The lowest BCUT2D eigenvalue weighted by molar-refractivity contribution is -0.134. The Balaban J connectivity index is 1.56. The summed E-state index contributed by atoms with van der Waals surface area (Å²) in [6.45, 7) is 5.61. The zero-order valence-electron chi connectivity index (χ0n) is 19.0. The van der Waals surface area contributed by atoms with E-state index in [1.165, 1.54) is 22.3 Å². The average molecular weight is 428 g/mol. The first-order chi connectivity index (χ1) is 15.7. The van der Waals surface area contributed by atoms with E-state index in [1.807, 2.05) is 18.5 Å². The Bertz CT molecular complexity index is 995. The molecule has 1 amide bonds. The van der Waals surface area contributed by atoms with Crippen LogP contribution in [0, 0.1) is 5.41 Å². The summed E-state index contributed by atoms with van der Waals surface area (Å²) >= 11 is 0. The maximum absolute atomic E-state index is 13.5. The van der Waals surface area contributed by atoms with Crippen LogP contribution in [0.4, 0.5) is 0 Å². The number of rotatable bonds is 8. The van der Waals surface area contributed by atoms with Gasteiger partial charge in [-0.1, -0.05) is 61.5 Å². The molecule has 0 bridgehead atoms. The highest BCUT2D eigenvalue weighted by Gasteiger charge is 2.41. The summed E-state index contributed by atoms with van der Waals surface area (Å²) in [4.78, 5) is 20.0. The summed E-state index contributed by atoms with van der Waals surface area (Å²) in [5.41, 5.74) is 4.61. The van der Waals surface area contributed by atoms with E-state index in [0.717, 1.165) is 51.9 Å². The van der Waals surface area contributed by atoms with E-state index in [4.69, 9.17) is 0 Å². The fraction of sp³-hybridized carbons (Fsp3) is 0.357. The molecule has 1 saturated heterocycles. The second-order valence-corrected chi connectivity index (χ2v) is 8.87. The van der Waals surface area contributed by atoms with Crippen molar-refractivity contribution in [2.24, 2.45) is 5.41 Å². The summed E-state index contributed by atoms with van der Waals surface area (Å²) in [5, 5.41) is 3.22. The minimum Gasteiger partial charge on any atom is -0.356 e. The SMILES string of the molecule is CCCNC(=O)C1(Cc2ccccc2-c2ccccc2)CCN(Cc2ccncc2)CC1. The molecule has 1 aliphatic rings. The van der Waals surface area contributed by atoms with Crippen molar-refractivity contribution in [2.45, 2.75) is 39.2 Å². The van der Waals surface area contributed by atoms with E-state index in [0.29, 0.717) is 0 Å². The quantitative estimate of drug-likeness (QED) is 0.544. The minimum absolute atomic E-state index is 0.214. The van der Waals surface area contributed by atoms with Gasteiger partial charge in [-0.15, -0.1) is 0 Å². The molecule has 4 rings (SSSR count). The number of likely N-dealkylation sites (tertiary alicyclic amines) is 1. The lowest BCUT2D eigenvalue weighted by atomic mass is 9.72. The number of hydrogen-bond acceptors (Lipinski definition) is 3. The van der Waals surface area contributed by atoms with Crippen molar-refractivity contribution in [2.75, 3.05) is 19.6 Å². The lowest BCUT2D eigenvalue weighted by Gasteiger charge is -2.41. The molecule has 1 fully saturated rings. The summed E-state index contributed by atoms with van der Waals surface area (Å²) < 4.78 is 0. The van der Waals surface area contributed by atoms with Crippen LogP contribution in [-0.2, 0) is 17.8 Å². The molecular formula is C28H33N3O. The van der Waals surface area contributed by atoms with Crippen molar-refractivity contribution < 1.29 is 4.79 Å². The smallest absolute Gasteiger partial charge is 0.226 e. The molecule has 0 radical (unpaired) electrons. The van der Waals surface area contributed by atoms with Gasteiger partial charge in [-0.25, -0.2) is 0 Å². The largest absolute Gasteiger partial charge is 0.356 e. The van der Waals surface area contributed by atoms with Gasteiger partial charge in [0, 0.05) is 25.5 Å². The van der Waals surface area contributed by atoms with Gasteiger partial charge in [0.25, 0.3) is 0 Å². The van der Waals surface area contributed by atoms with Crippen molar-refractivity contribution in [3.63, 3.8) is 0 Å². The number of amides is 1. The number of nitrogens with one attached hydrogen (secondary N) is 1. The third-order valence-electron chi connectivity index (χ3n) is 6.62. The van der Waals surface area contributed by atoms with E-state index >= 15 is 0 Å². The molecule has 1 aromatic heterocycles. The Morgan fingerprint density at radius 2 is 1.66 bits per heavy atom. The van der Waals surface area contributed by atoms with Crippen LogP contribution in [0.3, 0.4) is 0 Å². The molecular weight excluding hydrogens is 394 g/mol. The molecule has 4 heteroatoms. The molecule has 1 N–H and O–H groups in total. The van der Waals surface area contributed by atoms with Crippen LogP contribution >= 0.6 is 0 Å². The van der Waals surface area contributed by atoms with Crippen molar-refractivity contribution in [3.8, 4) is 11.1 Å². The van der Waals surface area contributed by atoms with Crippen molar-refractivity contribution in [1.82, 2.24) is 15.2 Å². The maximum atomic E-state index is 13.5. The number of pyridine rings is 1. The molecule has 0 aliphatic carbocycles. The number of carbonyl (C=O) groups excluding carboxylic acids is 1. The Labute approximate surface area is 191 Å². The first-order valence-corrected chi connectivity index (χ1v) is 11.7. The van der Waals surface area contributed by atoms with Crippen LogP contribution in [0.2, 0.25) is 0 Å². The Morgan fingerprint density at radius 1 is 0.969 bits per heavy atom. The van der Waals surface area contributed by atoms with Crippen molar-refractivity contribution in [3.05, 3.63) is 90.3 Å². The first kappa shape index (κ1) is 22.2. The van der Waals surface area contributed by atoms with Crippen molar-refractivity contribution in [1.29, 1.82) is 0 Å². The predicted octanol–water partition coefficient (Wildman–Crippen LogP) is 5.10. The Hall–Kier alpha value is -2.98. The summed E-state index contributed by atoms with van der Waals surface area (Å²) in [7, 11) is 0. The number of nitrogens with zero attached hydrogens (tertiary/aromatic N) is 2. The third-order valence-corrected chi connectivity index (χ3v) is 6.62. The van der Waals surface area contributed by atoms with Crippen molar-refractivity contribution >= 4 is 5.91 Å². The summed E-state index contributed by atoms with van der Waals surface area (Å²) in [6, 6.07) is 23.2. The zero-order chi connectivity index (χ0) is 22.2. The molecule has 2 aromatic carbocycles. The third kappa shape index (κ3) is 5.25. The number of piperidine rings is 1. The second-order valence-electron chi connectivity index (χ2n) is 8.87. The van der Waals surface area contributed by atoms with Gasteiger partial charge >= 0.3 is 0 Å². The molecule has 0 spiro atoms. The minimum atomic E-state index is -0.366. The lowest BCUT2D eigenvalue weighted by Crippen LogP contribution is -2.50. The highest BCUT2D eigenvalue weighted by Crippen LogP contribution is 2.38. The fourth-order valence-corrected chi connectivity index (χ4v) is 4.73. The molecule has 2 heterocycles. The van der Waals surface area contributed by atoms with Gasteiger partial charge in [-0.2, -0.15) is 0 Å². The topological polar surface area (TPSA) is 45.2 Å². The van der Waals surface area contributed by atoms with Crippen LogP contribution in [0.25, 0.3) is 11.1 Å². The van der Waals surface area contributed by atoms with Crippen LogP contribution in [0.5, 0.6) is 0 Å². The molecule has 0 atom stereocenters. The molecule has 1 aliphatic heterocycles. The monoisotopic (exact) mass is 427 g/mol. The van der Waals surface area contributed by atoms with Gasteiger partial charge in [0.15, 0.2) is 0 Å². The van der Waals surface area contributed by atoms with Gasteiger partial charge in [-0.05, 0) is 73.2 Å².